The van der Waals surface area contributed by atoms with Crippen molar-refractivity contribution in [2.75, 3.05) is 18.4 Å². The third-order valence-electron chi connectivity index (χ3n) is 5.01. The zero-order valence-corrected chi connectivity index (χ0v) is 15.5. The zero-order chi connectivity index (χ0) is 17.9. The molecule has 1 saturated heterocycles. The van der Waals surface area contributed by atoms with Crippen molar-refractivity contribution in [3.63, 3.8) is 0 Å². The van der Waals surface area contributed by atoms with Crippen LogP contribution in [0.3, 0.4) is 0 Å². The van der Waals surface area contributed by atoms with Gasteiger partial charge in [-0.15, -0.1) is 0 Å². The first-order chi connectivity index (χ1) is 12.7. The molecule has 0 spiro atoms. The molecule has 1 N–H and O–H groups in total. The minimum Gasteiger partial charge on any atom is -0.358 e. The first-order valence-electron chi connectivity index (χ1n) is 9.33. The van der Waals surface area contributed by atoms with Crippen LogP contribution in [0.4, 0.5) is 5.82 Å². The van der Waals surface area contributed by atoms with Crippen LogP contribution in [-0.4, -0.2) is 39.9 Å². The molecule has 0 bridgehead atoms. The van der Waals surface area contributed by atoms with Crippen LogP contribution >= 0.6 is 11.6 Å². The van der Waals surface area contributed by atoms with Crippen LogP contribution in [0.2, 0.25) is 5.15 Å². The van der Waals surface area contributed by atoms with E-state index < -0.39 is 0 Å². The highest BCUT2D eigenvalue weighted by molar-refractivity contribution is 6.29. The van der Waals surface area contributed by atoms with Crippen LogP contribution in [0, 0.1) is 0 Å². The first-order valence-corrected chi connectivity index (χ1v) is 9.70. The number of amides is 1. The summed E-state index contributed by atoms with van der Waals surface area (Å²) in [5.41, 5.74) is 1.32. The summed E-state index contributed by atoms with van der Waals surface area (Å²) in [5.74, 6) is 2.05. The molecule has 26 heavy (non-hydrogen) atoms. The van der Waals surface area contributed by atoms with Gasteiger partial charge >= 0.3 is 0 Å². The lowest BCUT2D eigenvalue weighted by atomic mass is 10.1. The van der Waals surface area contributed by atoms with E-state index in [4.69, 9.17) is 11.6 Å². The molecule has 1 aliphatic heterocycles. The summed E-state index contributed by atoms with van der Waals surface area (Å²) >= 11 is 6.11. The summed E-state index contributed by atoms with van der Waals surface area (Å²) in [6.07, 6.45) is 5.02. The lowest BCUT2D eigenvalue weighted by Gasteiger charge is -2.17. The maximum Gasteiger partial charge on any atom is 0.245 e. The molecule has 2 fully saturated rings. The van der Waals surface area contributed by atoms with E-state index in [-0.39, 0.29) is 11.9 Å². The highest BCUT2D eigenvalue weighted by Gasteiger charge is 2.32. The van der Waals surface area contributed by atoms with Gasteiger partial charge in [-0.3, -0.25) is 4.79 Å². The van der Waals surface area contributed by atoms with Gasteiger partial charge in [0.1, 0.15) is 22.8 Å². The van der Waals surface area contributed by atoms with Crippen molar-refractivity contribution in [2.24, 2.45) is 0 Å². The maximum absolute atomic E-state index is 12.7. The Hall–Kier alpha value is -2.14. The second-order valence-electron chi connectivity index (χ2n) is 7.11. The van der Waals surface area contributed by atoms with Gasteiger partial charge in [-0.25, -0.2) is 9.97 Å². The maximum atomic E-state index is 12.7. The number of aryl methyl sites for hydroxylation is 1. The normalized spacial score (nSPS) is 19.8. The lowest BCUT2D eigenvalue weighted by Crippen LogP contribution is -2.34. The van der Waals surface area contributed by atoms with Gasteiger partial charge in [-0.05, 0) is 37.7 Å². The molecule has 1 amide bonds. The molecular formula is C20H23ClN4O. The molecule has 1 atom stereocenters. The van der Waals surface area contributed by atoms with Gasteiger partial charge in [0.05, 0.1) is 0 Å². The summed E-state index contributed by atoms with van der Waals surface area (Å²) in [4.78, 5) is 23.4. The van der Waals surface area contributed by atoms with E-state index in [2.05, 4.69) is 39.6 Å². The topological polar surface area (TPSA) is 58.1 Å². The molecule has 0 radical (unpaired) electrons. The fourth-order valence-electron chi connectivity index (χ4n) is 3.43. The zero-order valence-electron chi connectivity index (χ0n) is 14.7. The van der Waals surface area contributed by atoms with Crippen LogP contribution in [0.25, 0.3) is 0 Å². The number of benzene rings is 1. The van der Waals surface area contributed by atoms with Gasteiger partial charge in [0.25, 0.3) is 0 Å². The number of likely N-dealkylation sites (tertiary alicyclic amines) is 1. The van der Waals surface area contributed by atoms with Gasteiger partial charge in [0.15, 0.2) is 0 Å². The monoisotopic (exact) mass is 370 g/mol. The van der Waals surface area contributed by atoms with Crippen LogP contribution in [0.5, 0.6) is 0 Å². The number of nitrogens with one attached hydrogen (secondary N) is 1. The predicted octanol–water partition coefficient (Wildman–Crippen LogP) is 3.65. The molecule has 1 aromatic heterocycles. The fraction of sp³-hybridized carbons (Fsp3) is 0.450. The third-order valence-corrected chi connectivity index (χ3v) is 5.20. The van der Waals surface area contributed by atoms with Gasteiger partial charge < -0.3 is 10.2 Å². The number of aromatic nitrogens is 2. The molecule has 5 nitrogen and oxygen atoms in total. The quantitative estimate of drug-likeness (QED) is 0.756. The van der Waals surface area contributed by atoms with Gasteiger partial charge in [0, 0.05) is 25.1 Å². The summed E-state index contributed by atoms with van der Waals surface area (Å²) in [6.45, 7) is 1.59. The van der Waals surface area contributed by atoms with E-state index in [1.165, 1.54) is 5.56 Å². The van der Waals surface area contributed by atoms with Crippen LogP contribution in [-0.2, 0) is 11.2 Å². The summed E-state index contributed by atoms with van der Waals surface area (Å²) in [7, 11) is 0. The Morgan fingerprint density at radius 3 is 2.73 bits per heavy atom. The van der Waals surface area contributed by atoms with Crippen LogP contribution in [0.15, 0.2) is 36.4 Å². The van der Waals surface area contributed by atoms with E-state index >= 15 is 0 Å². The number of anilines is 1. The van der Waals surface area contributed by atoms with Gasteiger partial charge in [-0.1, -0.05) is 41.9 Å². The summed E-state index contributed by atoms with van der Waals surface area (Å²) in [6, 6.07) is 11.9. The van der Waals surface area contributed by atoms with Gasteiger partial charge in [-0.2, -0.15) is 0 Å². The average molecular weight is 371 g/mol. The Morgan fingerprint density at radius 1 is 1.15 bits per heavy atom. The molecule has 136 valence electrons. The second-order valence-corrected chi connectivity index (χ2v) is 7.50. The number of carbonyl (C=O) groups is 1. The summed E-state index contributed by atoms with van der Waals surface area (Å²) in [5, 5.41) is 3.71. The Balaban J connectivity index is 1.31. The Morgan fingerprint density at radius 2 is 1.96 bits per heavy atom. The molecule has 4 rings (SSSR count). The molecular weight excluding hydrogens is 348 g/mol. The third kappa shape index (κ3) is 4.15. The fourth-order valence-corrected chi connectivity index (χ4v) is 3.62. The molecule has 6 heteroatoms. The largest absolute Gasteiger partial charge is 0.358 e. The van der Waals surface area contributed by atoms with Crippen molar-refractivity contribution >= 4 is 23.3 Å². The highest BCUT2D eigenvalue weighted by Crippen LogP contribution is 2.38. The molecule has 2 heterocycles. The number of carbonyl (C=O) groups excluding carboxylic acids is 1. The number of rotatable bonds is 7. The highest BCUT2D eigenvalue weighted by atomic mass is 35.5. The van der Waals surface area contributed by atoms with E-state index in [1.807, 2.05) is 11.0 Å². The van der Waals surface area contributed by atoms with Gasteiger partial charge in [0.2, 0.25) is 5.91 Å². The predicted molar refractivity (Wildman–Crippen MR) is 102 cm³/mol. The molecule has 1 saturated carbocycles. The number of nitrogens with zero attached hydrogens (tertiary/aromatic N) is 3. The van der Waals surface area contributed by atoms with E-state index in [0.29, 0.717) is 16.9 Å². The average Bonchev–Trinajstić information content (AvgIpc) is 3.43. The number of hydrogen-bond donors (Lipinski definition) is 1. The van der Waals surface area contributed by atoms with Crippen molar-refractivity contribution in [1.29, 1.82) is 0 Å². The number of hydrogen-bond acceptors (Lipinski definition) is 4. The van der Waals surface area contributed by atoms with E-state index in [0.717, 1.165) is 51.0 Å². The Bertz CT molecular complexity index is 779. The Labute approximate surface area is 158 Å². The lowest BCUT2D eigenvalue weighted by molar-refractivity contribution is -0.128. The molecule has 1 unspecified atom stereocenters. The smallest absolute Gasteiger partial charge is 0.245 e. The van der Waals surface area contributed by atoms with Crippen molar-refractivity contribution in [1.82, 2.24) is 14.9 Å². The standard InChI is InChI=1S/C20H23ClN4O/c21-17-13-18(24-19(23-17)15-8-9-15)22-16-10-12-25(20(16)26)11-4-7-14-5-2-1-3-6-14/h1-3,5-6,13,15-16H,4,7-12H2,(H,22,23,24). The van der Waals surface area contributed by atoms with Crippen molar-refractivity contribution in [2.45, 2.75) is 44.1 Å². The van der Waals surface area contributed by atoms with Crippen molar-refractivity contribution in [3.05, 3.63) is 52.9 Å². The first kappa shape index (κ1) is 17.3. The molecule has 1 aromatic carbocycles. The van der Waals surface area contributed by atoms with Crippen molar-refractivity contribution < 1.29 is 4.79 Å². The van der Waals surface area contributed by atoms with E-state index in [9.17, 15) is 4.79 Å². The van der Waals surface area contributed by atoms with Crippen LogP contribution < -0.4 is 5.32 Å². The molecule has 2 aliphatic rings. The molecule has 1 aliphatic carbocycles. The molecule has 2 aromatic rings. The summed E-state index contributed by atoms with van der Waals surface area (Å²) < 4.78 is 0. The van der Waals surface area contributed by atoms with Crippen molar-refractivity contribution in [3.8, 4) is 0 Å². The minimum atomic E-state index is -0.218. The Kier molecular flexibility index (Phi) is 5.07. The minimum absolute atomic E-state index is 0.153. The van der Waals surface area contributed by atoms with E-state index in [1.54, 1.807) is 6.07 Å². The second kappa shape index (κ2) is 7.62. The number of halogens is 1. The SMILES string of the molecule is O=C1C(Nc2cc(Cl)nc(C3CC3)n2)CCN1CCCc1ccccc1. The van der Waals surface area contributed by atoms with Crippen LogP contribution in [0.1, 0.15) is 43.0 Å².